The molecule has 0 aliphatic carbocycles. The van der Waals surface area contributed by atoms with Crippen molar-refractivity contribution in [2.45, 2.75) is 57.2 Å². The molecular formula is C31H33NO4. The van der Waals surface area contributed by atoms with E-state index in [9.17, 15) is 10.2 Å². The molecule has 3 aromatic rings. The van der Waals surface area contributed by atoms with Crippen LogP contribution in [0.15, 0.2) is 66.7 Å². The number of phenols is 2. The van der Waals surface area contributed by atoms with Gasteiger partial charge in [-0.1, -0.05) is 30.7 Å². The summed E-state index contributed by atoms with van der Waals surface area (Å²) in [7, 11) is 0. The molecule has 3 heterocycles. The van der Waals surface area contributed by atoms with Crippen LogP contribution in [-0.2, 0) is 0 Å². The molecule has 0 bridgehead atoms. The predicted molar refractivity (Wildman–Crippen MR) is 141 cm³/mol. The minimum absolute atomic E-state index is 0.199. The monoisotopic (exact) mass is 483 g/mol. The van der Waals surface area contributed by atoms with Crippen LogP contribution in [0.1, 0.15) is 61.8 Å². The van der Waals surface area contributed by atoms with Crippen LogP contribution in [0.2, 0.25) is 0 Å². The Morgan fingerprint density at radius 3 is 2.56 bits per heavy atom. The van der Waals surface area contributed by atoms with Crippen molar-refractivity contribution < 1.29 is 19.7 Å². The van der Waals surface area contributed by atoms with Crippen LogP contribution >= 0.6 is 0 Å². The second-order valence-corrected chi connectivity index (χ2v) is 10.3. The molecule has 3 aromatic carbocycles. The van der Waals surface area contributed by atoms with Gasteiger partial charge in [-0.2, -0.15) is 0 Å². The maximum Gasteiger partial charge on any atom is 0.150 e. The molecule has 0 amide bonds. The molecule has 1 unspecified atom stereocenters. The van der Waals surface area contributed by atoms with E-state index in [2.05, 4.69) is 17.0 Å². The van der Waals surface area contributed by atoms with Crippen molar-refractivity contribution in [1.82, 2.24) is 4.90 Å². The fraction of sp³-hybridized carbons (Fsp3) is 0.355. The van der Waals surface area contributed by atoms with Crippen LogP contribution in [0.25, 0.3) is 11.1 Å². The van der Waals surface area contributed by atoms with E-state index in [0.29, 0.717) is 6.04 Å². The normalized spacial score (nSPS) is 23.6. The number of ether oxygens (including phenoxy) is 2. The molecule has 0 aromatic heterocycles. The van der Waals surface area contributed by atoms with Crippen molar-refractivity contribution in [3.05, 3.63) is 83.4 Å². The first-order chi connectivity index (χ1) is 17.6. The van der Waals surface area contributed by atoms with Crippen LogP contribution in [0, 0.1) is 0 Å². The summed E-state index contributed by atoms with van der Waals surface area (Å²) in [5.41, 5.74) is 4.75. The lowest BCUT2D eigenvalue weighted by atomic mass is 9.86. The van der Waals surface area contributed by atoms with E-state index in [1.165, 1.54) is 38.6 Å². The highest BCUT2D eigenvalue weighted by atomic mass is 16.5. The largest absolute Gasteiger partial charge is 0.508 e. The van der Waals surface area contributed by atoms with Gasteiger partial charge >= 0.3 is 0 Å². The number of hydrogen-bond acceptors (Lipinski definition) is 5. The van der Waals surface area contributed by atoms with Gasteiger partial charge in [0.1, 0.15) is 35.7 Å². The Labute approximate surface area is 212 Å². The van der Waals surface area contributed by atoms with Crippen molar-refractivity contribution >= 4 is 11.1 Å². The van der Waals surface area contributed by atoms with Gasteiger partial charge in [0.05, 0.1) is 0 Å². The van der Waals surface area contributed by atoms with Crippen molar-refractivity contribution in [2.75, 3.05) is 13.2 Å². The van der Waals surface area contributed by atoms with Gasteiger partial charge in [0.2, 0.25) is 0 Å². The van der Waals surface area contributed by atoms with E-state index in [4.69, 9.17) is 9.47 Å². The first kappa shape index (κ1) is 23.0. The highest BCUT2D eigenvalue weighted by Crippen LogP contribution is 2.47. The van der Waals surface area contributed by atoms with Gasteiger partial charge in [0.15, 0.2) is 0 Å². The van der Waals surface area contributed by atoms with Gasteiger partial charge in [0, 0.05) is 23.2 Å². The summed E-state index contributed by atoms with van der Waals surface area (Å²) in [6, 6.07) is 21.9. The number of hydrogen-bond donors (Lipinski definition) is 2. The van der Waals surface area contributed by atoms with Crippen molar-refractivity contribution in [1.29, 1.82) is 0 Å². The second-order valence-electron chi connectivity index (χ2n) is 10.3. The Bertz CT molecular complexity index is 1280. The molecular weight excluding hydrogens is 450 g/mol. The number of nitrogens with zero attached hydrogens (tertiary/aromatic N) is 1. The average Bonchev–Trinajstić information content (AvgIpc) is 3.38. The topological polar surface area (TPSA) is 62.2 Å². The fourth-order valence-electron chi connectivity index (χ4n) is 6.23. The Morgan fingerprint density at radius 2 is 1.72 bits per heavy atom. The SMILES string of the molecule is CC1=C(c2cccc(O)c2)C(c2ccc(OC[C@@H]3CCC[C@@H]4CCCN43)cc2)Oc2ccc(O)cc21. The number of fused-ring (bicyclic) bond motifs is 2. The molecule has 5 heteroatoms. The third kappa shape index (κ3) is 4.33. The highest BCUT2D eigenvalue weighted by Gasteiger charge is 2.34. The summed E-state index contributed by atoms with van der Waals surface area (Å²) in [6.07, 6.45) is 6.16. The molecule has 36 heavy (non-hydrogen) atoms. The molecule has 2 N–H and O–H groups in total. The van der Waals surface area contributed by atoms with E-state index >= 15 is 0 Å². The lowest BCUT2D eigenvalue weighted by molar-refractivity contribution is 0.0819. The summed E-state index contributed by atoms with van der Waals surface area (Å²) in [6.45, 7) is 3.99. The number of allylic oxidation sites excluding steroid dienone is 1. The summed E-state index contributed by atoms with van der Waals surface area (Å²) in [4.78, 5) is 2.66. The van der Waals surface area contributed by atoms with E-state index in [-0.39, 0.29) is 17.6 Å². The lowest BCUT2D eigenvalue weighted by Gasteiger charge is -2.37. The van der Waals surface area contributed by atoms with E-state index in [0.717, 1.165) is 52.0 Å². The first-order valence-corrected chi connectivity index (χ1v) is 13.1. The average molecular weight is 484 g/mol. The van der Waals surface area contributed by atoms with Gasteiger partial charge in [-0.25, -0.2) is 0 Å². The summed E-state index contributed by atoms with van der Waals surface area (Å²) < 4.78 is 12.8. The van der Waals surface area contributed by atoms with E-state index in [1.54, 1.807) is 24.3 Å². The number of benzene rings is 3. The third-order valence-corrected chi connectivity index (χ3v) is 8.03. The summed E-state index contributed by atoms with van der Waals surface area (Å²) in [5, 5.41) is 20.2. The Morgan fingerprint density at radius 1 is 0.917 bits per heavy atom. The number of aromatic hydroxyl groups is 2. The van der Waals surface area contributed by atoms with Crippen molar-refractivity contribution in [2.24, 2.45) is 0 Å². The van der Waals surface area contributed by atoms with Gasteiger partial charge < -0.3 is 19.7 Å². The summed E-state index contributed by atoms with van der Waals surface area (Å²) >= 11 is 0. The molecule has 0 radical (unpaired) electrons. The van der Waals surface area contributed by atoms with Crippen LogP contribution in [-0.4, -0.2) is 40.3 Å². The number of rotatable bonds is 5. The molecule has 0 spiro atoms. The first-order valence-electron chi connectivity index (χ1n) is 13.1. The zero-order chi connectivity index (χ0) is 24.6. The standard InChI is InChI=1S/C31H33NO4/c1-20-28-18-26(34)12-15-29(28)36-31(30(20)22-5-2-9-25(33)17-22)21-10-13-27(14-11-21)35-19-24-7-3-6-23-8-4-16-32(23)24/h2,5,9-15,17-18,23-24,31,33-34H,3-4,6-8,16,19H2,1H3/t23-,24+,31?/m1/s1. The van der Waals surface area contributed by atoms with Gasteiger partial charge in [-0.15, -0.1) is 0 Å². The van der Waals surface area contributed by atoms with Crippen LogP contribution in [0.4, 0.5) is 0 Å². The second kappa shape index (κ2) is 9.55. The van der Waals surface area contributed by atoms with Crippen LogP contribution in [0.5, 0.6) is 23.0 Å². The minimum atomic E-state index is -0.346. The Balaban J connectivity index is 1.26. The number of piperidine rings is 1. The van der Waals surface area contributed by atoms with Crippen molar-refractivity contribution in [3.63, 3.8) is 0 Å². The van der Waals surface area contributed by atoms with E-state index in [1.807, 2.05) is 37.3 Å². The third-order valence-electron chi connectivity index (χ3n) is 8.03. The smallest absolute Gasteiger partial charge is 0.150 e. The molecule has 2 fully saturated rings. The molecule has 0 saturated carbocycles. The quantitative estimate of drug-likeness (QED) is 0.430. The van der Waals surface area contributed by atoms with Gasteiger partial charge in [0.25, 0.3) is 0 Å². The Kier molecular flexibility index (Phi) is 6.10. The van der Waals surface area contributed by atoms with Gasteiger partial charge in [-0.3, -0.25) is 4.90 Å². The maximum absolute atomic E-state index is 10.2. The molecule has 3 aliphatic rings. The molecule has 6 rings (SSSR count). The number of phenolic OH excluding ortho intramolecular Hbond substituents is 2. The van der Waals surface area contributed by atoms with Crippen molar-refractivity contribution in [3.8, 4) is 23.0 Å². The molecule has 186 valence electrons. The zero-order valence-electron chi connectivity index (χ0n) is 20.7. The van der Waals surface area contributed by atoms with Crippen LogP contribution < -0.4 is 9.47 Å². The molecule has 3 aliphatic heterocycles. The molecule has 5 nitrogen and oxygen atoms in total. The maximum atomic E-state index is 10.2. The predicted octanol–water partition coefficient (Wildman–Crippen LogP) is 6.56. The lowest BCUT2D eigenvalue weighted by Crippen LogP contribution is -2.45. The molecule has 2 saturated heterocycles. The van der Waals surface area contributed by atoms with E-state index < -0.39 is 0 Å². The molecule has 3 atom stereocenters. The fourth-order valence-corrected chi connectivity index (χ4v) is 6.23. The Hall–Kier alpha value is -3.44. The summed E-state index contributed by atoms with van der Waals surface area (Å²) in [5.74, 6) is 2.02. The minimum Gasteiger partial charge on any atom is -0.508 e. The van der Waals surface area contributed by atoms with Gasteiger partial charge in [-0.05, 0) is 98.3 Å². The highest BCUT2D eigenvalue weighted by molar-refractivity contribution is 5.95. The van der Waals surface area contributed by atoms with Crippen LogP contribution in [0.3, 0.4) is 0 Å². The zero-order valence-corrected chi connectivity index (χ0v) is 20.7.